The molecule has 2 aromatic rings. The summed E-state index contributed by atoms with van der Waals surface area (Å²) in [6, 6.07) is 17.8. The molecule has 1 atom stereocenters. The number of nitrogens with one attached hydrogen (secondary N) is 2. The van der Waals surface area contributed by atoms with Crippen molar-refractivity contribution in [2.45, 2.75) is 104 Å². The number of nitrogens with zero attached hydrogens (tertiary/aromatic N) is 1. The molecule has 0 saturated carbocycles. The minimum Gasteiger partial charge on any atom is -0.445 e. The van der Waals surface area contributed by atoms with Gasteiger partial charge in [-0.2, -0.15) is 0 Å². The third-order valence-electron chi connectivity index (χ3n) is 6.95. The van der Waals surface area contributed by atoms with E-state index in [1.807, 2.05) is 60.7 Å². The fraction of sp³-hybridized carbons (Fsp3) is 0.564. The highest BCUT2D eigenvalue weighted by molar-refractivity contribution is 5.87. The normalized spacial score (nSPS) is 11.9. The highest BCUT2D eigenvalue weighted by Gasteiger charge is 2.32. The standard InChI is InChI=1S/C39H57N3O12/c1-38(2,3)53-36(46)42(37(47)54-39(4,5)6)52-27-26-49-25-24-48-23-15-21-33(43)32(41-35(45)51-29-31-18-11-8-12-19-31)20-13-14-22-40-34(44)50-28-30-16-9-7-10-17-30/h7-12,16-19,32H,13-15,20-29H2,1-6H3,(H,40,44)(H,41,45)/t32-/m0/s1. The van der Waals surface area contributed by atoms with E-state index in [4.69, 9.17) is 33.3 Å². The number of imide groups is 1. The van der Waals surface area contributed by atoms with Gasteiger partial charge in [-0.1, -0.05) is 65.7 Å². The van der Waals surface area contributed by atoms with Gasteiger partial charge >= 0.3 is 24.4 Å². The summed E-state index contributed by atoms with van der Waals surface area (Å²) in [7, 11) is 0. The van der Waals surface area contributed by atoms with Gasteiger partial charge in [0.05, 0.1) is 32.5 Å². The molecule has 0 aliphatic carbocycles. The zero-order chi connectivity index (χ0) is 39.8. The molecule has 0 radical (unpaired) electrons. The van der Waals surface area contributed by atoms with Crippen LogP contribution in [0.3, 0.4) is 0 Å². The Hall–Kier alpha value is -4.73. The molecule has 300 valence electrons. The molecular formula is C39H57N3O12. The number of alkyl carbamates (subject to hydrolysis) is 2. The number of unbranched alkanes of at least 4 members (excludes halogenated alkanes) is 1. The Morgan fingerprint density at radius 1 is 0.630 bits per heavy atom. The maximum absolute atomic E-state index is 13.1. The molecule has 0 bridgehead atoms. The van der Waals surface area contributed by atoms with Crippen LogP contribution in [0.25, 0.3) is 0 Å². The summed E-state index contributed by atoms with van der Waals surface area (Å²) < 4.78 is 32.1. The first-order valence-corrected chi connectivity index (χ1v) is 18.1. The zero-order valence-electron chi connectivity index (χ0n) is 32.4. The highest BCUT2D eigenvalue weighted by Crippen LogP contribution is 2.15. The summed E-state index contributed by atoms with van der Waals surface area (Å²) in [6.45, 7) is 11.1. The fourth-order valence-electron chi connectivity index (χ4n) is 4.48. The van der Waals surface area contributed by atoms with Crippen molar-refractivity contribution in [1.82, 2.24) is 15.7 Å². The molecule has 0 saturated heterocycles. The fourth-order valence-corrected chi connectivity index (χ4v) is 4.48. The number of ketones is 1. The number of hydrogen-bond acceptors (Lipinski definition) is 12. The van der Waals surface area contributed by atoms with E-state index >= 15 is 0 Å². The Labute approximate surface area is 318 Å². The lowest BCUT2D eigenvalue weighted by Gasteiger charge is -2.27. The predicted molar refractivity (Wildman–Crippen MR) is 198 cm³/mol. The van der Waals surface area contributed by atoms with E-state index in [2.05, 4.69) is 10.6 Å². The smallest absolute Gasteiger partial charge is 0.444 e. The van der Waals surface area contributed by atoms with Crippen molar-refractivity contribution in [2.24, 2.45) is 0 Å². The summed E-state index contributed by atoms with van der Waals surface area (Å²) in [4.78, 5) is 68.0. The van der Waals surface area contributed by atoms with E-state index in [1.165, 1.54) is 0 Å². The Balaban J connectivity index is 1.71. The number of carbonyl (C=O) groups excluding carboxylic acids is 5. The number of amides is 4. The third-order valence-corrected chi connectivity index (χ3v) is 6.95. The van der Waals surface area contributed by atoms with Crippen LogP contribution in [0.2, 0.25) is 0 Å². The molecule has 15 nitrogen and oxygen atoms in total. The molecule has 0 aromatic heterocycles. The van der Waals surface area contributed by atoms with Gasteiger partial charge in [0.15, 0.2) is 5.78 Å². The lowest BCUT2D eigenvalue weighted by molar-refractivity contribution is -0.148. The Morgan fingerprint density at radius 2 is 1.13 bits per heavy atom. The average molecular weight is 760 g/mol. The molecular weight excluding hydrogens is 702 g/mol. The molecule has 0 spiro atoms. The van der Waals surface area contributed by atoms with Crippen molar-refractivity contribution in [1.29, 1.82) is 0 Å². The molecule has 2 rings (SSSR count). The predicted octanol–water partition coefficient (Wildman–Crippen LogP) is 6.86. The quantitative estimate of drug-likeness (QED) is 0.0725. The first-order valence-electron chi connectivity index (χ1n) is 18.1. The van der Waals surface area contributed by atoms with E-state index in [1.54, 1.807) is 41.5 Å². The van der Waals surface area contributed by atoms with Crippen LogP contribution in [-0.2, 0) is 51.3 Å². The second kappa shape index (κ2) is 24.6. The highest BCUT2D eigenvalue weighted by atomic mass is 16.8. The molecule has 2 aromatic carbocycles. The van der Waals surface area contributed by atoms with E-state index in [0.717, 1.165) is 11.1 Å². The van der Waals surface area contributed by atoms with Crippen molar-refractivity contribution < 1.29 is 57.2 Å². The number of ether oxygens (including phenoxy) is 6. The van der Waals surface area contributed by atoms with E-state index in [0.29, 0.717) is 37.3 Å². The van der Waals surface area contributed by atoms with Crippen LogP contribution in [0, 0.1) is 0 Å². The molecule has 15 heteroatoms. The number of hydroxylamine groups is 2. The van der Waals surface area contributed by atoms with Crippen molar-refractivity contribution in [2.75, 3.05) is 39.6 Å². The zero-order valence-corrected chi connectivity index (χ0v) is 32.4. The second-order valence-electron chi connectivity index (χ2n) is 14.1. The molecule has 0 fully saturated rings. The van der Waals surface area contributed by atoms with E-state index < -0.39 is 41.6 Å². The number of carbonyl (C=O) groups is 5. The van der Waals surface area contributed by atoms with E-state index in [-0.39, 0.29) is 58.5 Å². The second-order valence-corrected chi connectivity index (χ2v) is 14.1. The summed E-state index contributed by atoms with van der Waals surface area (Å²) in [6.07, 6.45) is -1.19. The van der Waals surface area contributed by atoms with Crippen LogP contribution in [0.4, 0.5) is 19.2 Å². The summed E-state index contributed by atoms with van der Waals surface area (Å²) in [5, 5.41) is 5.83. The molecule has 0 aliphatic heterocycles. The molecule has 0 unspecified atom stereocenters. The van der Waals surface area contributed by atoms with Crippen LogP contribution < -0.4 is 10.6 Å². The monoisotopic (exact) mass is 759 g/mol. The SMILES string of the molecule is CC(C)(C)OC(=O)N(OCCOCCOCCCC(=O)[C@H](CCCCNC(=O)OCc1ccccc1)NC(=O)OCc1ccccc1)C(=O)OC(C)(C)C. The first-order chi connectivity index (χ1) is 25.6. The molecule has 0 heterocycles. The number of benzene rings is 2. The van der Waals surface area contributed by atoms with Gasteiger partial charge in [-0.15, -0.1) is 0 Å². The maximum atomic E-state index is 13.1. The average Bonchev–Trinajstić information content (AvgIpc) is 3.10. The van der Waals surface area contributed by atoms with Gasteiger partial charge in [-0.25, -0.2) is 19.2 Å². The van der Waals surface area contributed by atoms with E-state index in [9.17, 15) is 24.0 Å². The molecule has 2 N–H and O–H groups in total. The van der Waals surface area contributed by atoms with Crippen LogP contribution >= 0.6 is 0 Å². The van der Waals surface area contributed by atoms with Crippen LogP contribution in [0.1, 0.15) is 84.8 Å². The van der Waals surface area contributed by atoms with Gasteiger partial charge in [-0.05, 0) is 78.4 Å². The van der Waals surface area contributed by atoms with Gasteiger partial charge in [0.25, 0.3) is 0 Å². The molecule has 0 aliphatic rings. The molecule has 4 amide bonds. The minimum absolute atomic E-state index is 0.0437. The minimum atomic E-state index is -1.01. The van der Waals surface area contributed by atoms with Crippen LogP contribution in [0.15, 0.2) is 60.7 Å². The Bertz CT molecular complexity index is 1380. The van der Waals surface area contributed by atoms with Gasteiger partial charge in [-0.3, -0.25) is 9.63 Å². The van der Waals surface area contributed by atoms with Gasteiger partial charge in [0.2, 0.25) is 0 Å². The summed E-state index contributed by atoms with van der Waals surface area (Å²) in [5.41, 5.74) is -0.0151. The lowest BCUT2D eigenvalue weighted by atomic mass is 10.0. The van der Waals surface area contributed by atoms with Crippen molar-refractivity contribution in [3.05, 3.63) is 71.8 Å². The maximum Gasteiger partial charge on any atom is 0.444 e. The number of rotatable bonds is 22. The lowest BCUT2D eigenvalue weighted by Crippen LogP contribution is -2.44. The summed E-state index contributed by atoms with van der Waals surface area (Å²) >= 11 is 0. The molecule has 54 heavy (non-hydrogen) atoms. The topological polar surface area (TPSA) is 177 Å². The van der Waals surface area contributed by atoms with Crippen LogP contribution in [-0.4, -0.2) is 92.0 Å². The summed E-state index contributed by atoms with van der Waals surface area (Å²) in [5.74, 6) is -0.168. The largest absolute Gasteiger partial charge is 0.445 e. The van der Waals surface area contributed by atoms with Crippen molar-refractivity contribution >= 4 is 30.2 Å². The van der Waals surface area contributed by atoms with Crippen molar-refractivity contribution in [3.8, 4) is 0 Å². The first kappa shape index (κ1) is 45.4. The Kier molecular flexibility index (Phi) is 20.7. The van der Waals surface area contributed by atoms with Gasteiger partial charge < -0.3 is 39.1 Å². The van der Waals surface area contributed by atoms with Crippen LogP contribution in [0.5, 0.6) is 0 Å². The number of hydrogen-bond donors (Lipinski definition) is 2. The third kappa shape index (κ3) is 21.7. The van der Waals surface area contributed by atoms with Crippen molar-refractivity contribution in [3.63, 3.8) is 0 Å². The van der Waals surface area contributed by atoms with Gasteiger partial charge in [0.1, 0.15) is 24.4 Å². The Morgan fingerprint density at radius 3 is 1.67 bits per heavy atom. The van der Waals surface area contributed by atoms with Gasteiger partial charge in [0, 0.05) is 19.6 Å². The number of Topliss-reactive ketones (excluding diaryl/α,β-unsaturated/α-hetero) is 1.